The first-order chi connectivity index (χ1) is 19.0. The molecule has 12 nitrogen and oxygen atoms in total. The minimum atomic E-state index is -0.745. The van der Waals surface area contributed by atoms with Gasteiger partial charge in [-0.25, -0.2) is 14.0 Å². The molecule has 208 valence electrons. The van der Waals surface area contributed by atoms with Crippen molar-refractivity contribution in [3.63, 3.8) is 0 Å². The minimum Gasteiger partial charge on any atom is -0.449 e. The van der Waals surface area contributed by atoms with Crippen LogP contribution < -0.4 is 16.8 Å². The smallest absolute Gasteiger partial charge is 0.404 e. The van der Waals surface area contributed by atoms with Crippen molar-refractivity contribution in [3.8, 4) is 28.7 Å². The van der Waals surface area contributed by atoms with Crippen LogP contribution >= 0.6 is 12.4 Å². The minimum absolute atomic E-state index is 0. The molecule has 0 aromatic carbocycles. The molecule has 2 aliphatic rings. The summed E-state index contributed by atoms with van der Waals surface area (Å²) in [5.41, 5.74) is 16.6. The third-order valence-electron chi connectivity index (χ3n) is 7.75. The highest BCUT2D eigenvalue weighted by Crippen LogP contribution is 2.36. The van der Waals surface area contributed by atoms with Gasteiger partial charge in [-0.15, -0.1) is 17.5 Å². The maximum Gasteiger partial charge on any atom is 0.404 e. The number of carbonyl (C=O) groups excluding carboxylic acids is 1. The van der Waals surface area contributed by atoms with E-state index in [4.69, 9.17) is 21.2 Å². The molecular weight excluding hydrogens is 532 g/mol. The second-order valence-electron chi connectivity index (χ2n) is 10.5. The number of nitrogens with two attached hydrogens (primary N) is 2. The first kappa shape index (κ1) is 27.4. The summed E-state index contributed by atoms with van der Waals surface area (Å²) >= 11 is 0. The van der Waals surface area contributed by atoms with Crippen molar-refractivity contribution < 1.29 is 9.53 Å². The van der Waals surface area contributed by atoms with E-state index >= 15 is 0 Å². The number of rotatable bonds is 7. The van der Waals surface area contributed by atoms with Gasteiger partial charge in [0.25, 0.3) is 0 Å². The number of nitrogens with one attached hydrogen (secondary N) is 1. The first-order valence-electron chi connectivity index (χ1n) is 13.2. The SMILES string of the molecule is Cl.N#Cc1cnn2c(-c3cc(NC4CC(COC(N)=O)C4)c(-c4cn(C5CCC(N)CC5)nn4)cn3)ccc2c1. The van der Waals surface area contributed by atoms with Crippen molar-refractivity contribution in [3.05, 3.63) is 48.4 Å². The van der Waals surface area contributed by atoms with Crippen LogP contribution in [0.5, 0.6) is 0 Å². The summed E-state index contributed by atoms with van der Waals surface area (Å²) in [6, 6.07) is 10.6. The van der Waals surface area contributed by atoms with Crippen molar-refractivity contribution in [2.24, 2.45) is 17.4 Å². The van der Waals surface area contributed by atoms with E-state index in [9.17, 15) is 10.1 Å². The van der Waals surface area contributed by atoms with Crippen LogP contribution in [-0.4, -0.2) is 54.4 Å². The van der Waals surface area contributed by atoms with E-state index in [2.05, 4.69) is 26.8 Å². The van der Waals surface area contributed by atoms with Crippen LogP contribution in [0.3, 0.4) is 0 Å². The number of nitriles is 1. The Morgan fingerprint density at radius 3 is 2.70 bits per heavy atom. The van der Waals surface area contributed by atoms with Crippen molar-refractivity contribution in [2.45, 2.75) is 56.7 Å². The molecule has 4 aromatic heterocycles. The molecule has 13 heteroatoms. The first-order valence-corrected chi connectivity index (χ1v) is 13.2. The Labute approximate surface area is 237 Å². The Morgan fingerprint density at radius 2 is 1.95 bits per heavy atom. The standard InChI is InChI=1S/C27H30N10O2.ClH/c28-11-17-9-21-5-6-26(37(21)32-12-17)24-10-23(33-19-7-16(8-19)15-39-27(30)38)22(13-31-24)25-14-36(35-34-25)20-3-1-18(29)2-4-20;/h5-6,9-10,12-14,16,18-20H,1-4,7-8,15,29H2,(H2,30,38)(H,31,33);1H. The summed E-state index contributed by atoms with van der Waals surface area (Å²) in [5.74, 6) is 0.270. The predicted molar refractivity (Wildman–Crippen MR) is 151 cm³/mol. The number of hydrogen-bond donors (Lipinski definition) is 3. The molecule has 6 rings (SSSR count). The molecule has 4 aromatic rings. The molecule has 5 N–H and O–H groups in total. The van der Waals surface area contributed by atoms with Gasteiger partial charge in [0.15, 0.2) is 0 Å². The lowest BCUT2D eigenvalue weighted by Crippen LogP contribution is -2.38. The Balaban J connectivity index is 0.00000323. The monoisotopic (exact) mass is 562 g/mol. The number of aromatic nitrogens is 6. The Kier molecular flexibility index (Phi) is 7.86. The number of pyridine rings is 1. The highest BCUT2D eigenvalue weighted by Gasteiger charge is 2.31. The maximum absolute atomic E-state index is 11.0. The van der Waals surface area contributed by atoms with E-state index in [1.807, 2.05) is 35.3 Å². The summed E-state index contributed by atoms with van der Waals surface area (Å²) in [6.45, 7) is 0.327. The van der Waals surface area contributed by atoms with Gasteiger partial charge in [-0.05, 0) is 68.7 Å². The second-order valence-corrected chi connectivity index (χ2v) is 10.5. The zero-order valence-electron chi connectivity index (χ0n) is 21.8. The molecule has 2 saturated carbocycles. The molecule has 0 unspecified atom stereocenters. The van der Waals surface area contributed by atoms with Crippen LogP contribution in [0.2, 0.25) is 0 Å². The van der Waals surface area contributed by atoms with Gasteiger partial charge in [-0.3, -0.25) is 4.98 Å². The molecular formula is C27H31ClN10O2. The van der Waals surface area contributed by atoms with Crippen molar-refractivity contribution in [1.29, 1.82) is 5.26 Å². The third kappa shape index (κ3) is 5.57. The van der Waals surface area contributed by atoms with Gasteiger partial charge in [-0.1, -0.05) is 5.21 Å². The predicted octanol–water partition coefficient (Wildman–Crippen LogP) is 3.68. The van der Waals surface area contributed by atoms with E-state index in [1.165, 1.54) is 0 Å². The number of carbonyl (C=O) groups is 1. The normalized spacial score (nSPS) is 22.1. The fraction of sp³-hybridized carbons (Fsp3) is 0.407. The van der Waals surface area contributed by atoms with E-state index in [-0.39, 0.29) is 30.4 Å². The third-order valence-corrected chi connectivity index (χ3v) is 7.75. The molecule has 4 heterocycles. The molecule has 0 aliphatic heterocycles. The number of nitrogens with zero attached hydrogens (tertiary/aromatic N) is 7. The van der Waals surface area contributed by atoms with Gasteiger partial charge in [-0.2, -0.15) is 10.4 Å². The fourth-order valence-corrected chi connectivity index (χ4v) is 5.53. The molecule has 0 spiro atoms. The summed E-state index contributed by atoms with van der Waals surface area (Å²) in [5, 5.41) is 26.3. The number of anilines is 1. The molecule has 2 fully saturated rings. The lowest BCUT2D eigenvalue weighted by Gasteiger charge is -2.36. The van der Waals surface area contributed by atoms with Crippen LogP contribution in [0.1, 0.15) is 50.1 Å². The van der Waals surface area contributed by atoms with Crippen LogP contribution in [0.4, 0.5) is 10.5 Å². The maximum atomic E-state index is 11.0. The van der Waals surface area contributed by atoms with Gasteiger partial charge in [0.1, 0.15) is 11.8 Å². The Morgan fingerprint density at radius 1 is 1.15 bits per heavy atom. The Hall–Kier alpha value is -4.21. The topological polar surface area (TPSA) is 175 Å². The van der Waals surface area contributed by atoms with Crippen LogP contribution in [0.15, 0.2) is 42.9 Å². The Bertz CT molecular complexity index is 1550. The quantitative estimate of drug-likeness (QED) is 0.303. The van der Waals surface area contributed by atoms with E-state index in [0.717, 1.165) is 72.4 Å². The summed E-state index contributed by atoms with van der Waals surface area (Å²) in [6.07, 6.45) is 10.3. The van der Waals surface area contributed by atoms with Crippen LogP contribution in [0, 0.1) is 17.2 Å². The van der Waals surface area contributed by atoms with Crippen molar-refractivity contribution >= 4 is 29.7 Å². The average Bonchev–Trinajstić information content (AvgIpc) is 3.57. The summed E-state index contributed by atoms with van der Waals surface area (Å²) in [4.78, 5) is 15.7. The molecule has 40 heavy (non-hydrogen) atoms. The lowest BCUT2D eigenvalue weighted by atomic mass is 9.80. The molecule has 0 atom stereocenters. The number of fused-ring (bicyclic) bond motifs is 1. The number of primary amides is 1. The summed E-state index contributed by atoms with van der Waals surface area (Å²) < 4.78 is 8.70. The fourth-order valence-electron chi connectivity index (χ4n) is 5.53. The molecule has 2 aliphatic carbocycles. The van der Waals surface area contributed by atoms with Crippen LogP contribution in [0.25, 0.3) is 28.2 Å². The number of hydrogen-bond acceptors (Lipinski definition) is 9. The number of amides is 1. The van der Waals surface area contributed by atoms with Gasteiger partial charge in [0.2, 0.25) is 0 Å². The summed E-state index contributed by atoms with van der Waals surface area (Å²) in [7, 11) is 0. The lowest BCUT2D eigenvalue weighted by molar-refractivity contribution is 0.106. The van der Waals surface area contributed by atoms with E-state index < -0.39 is 6.09 Å². The van der Waals surface area contributed by atoms with Gasteiger partial charge in [0.05, 0.1) is 47.5 Å². The largest absolute Gasteiger partial charge is 0.449 e. The zero-order chi connectivity index (χ0) is 26.9. The average molecular weight is 563 g/mol. The number of ether oxygens (including phenoxy) is 1. The van der Waals surface area contributed by atoms with Crippen molar-refractivity contribution in [1.82, 2.24) is 29.6 Å². The van der Waals surface area contributed by atoms with E-state index in [0.29, 0.717) is 18.2 Å². The van der Waals surface area contributed by atoms with Gasteiger partial charge >= 0.3 is 6.09 Å². The van der Waals surface area contributed by atoms with Crippen LogP contribution in [-0.2, 0) is 4.74 Å². The highest BCUT2D eigenvalue weighted by atomic mass is 35.5. The number of halogens is 1. The van der Waals surface area contributed by atoms with Gasteiger partial charge in [0, 0.05) is 29.5 Å². The van der Waals surface area contributed by atoms with E-state index in [1.54, 1.807) is 16.8 Å². The molecule has 0 saturated heterocycles. The molecule has 0 radical (unpaired) electrons. The zero-order valence-corrected chi connectivity index (χ0v) is 22.6. The highest BCUT2D eigenvalue weighted by molar-refractivity contribution is 5.85. The van der Waals surface area contributed by atoms with Crippen molar-refractivity contribution in [2.75, 3.05) is 11.9 Å². The van der Waals surface area contributed by atoms with Gasteiger partial charge < -0.3 is 21.5 Å². The molecule has 0 bridgehead atoms. The molecule has 1 amide bonds. The second kappa shape index (κ2) is 11.5.